The molecule has 0 bridgehead atoms. The van der Waals surface area contributed by atoms with Crippen molar-refractivity contribution in [1.29, 1.82) is 0 Å². The van der Waals surface area contributed by atoms with Gasteiger partial charge in [0.15, 0.2) is 16.6 Å². The van der Waals surface area contributed by atoms with Crippen LogP contribution in [0.15, 0.2) is 30.3 Å². The minimum Gasteiger partial charge on any atom is -0.495 e. The van der Waals surface area contributed by atoms with Gasteiger partial charge in [-0.05, 0) is 42.3 Å². The van der Waals surface area contributed by atoms with Gasteiger partial charge in [0.25, 0.3) is 5.91 Å². The number of methoxy groups -OCH3 is 5. The van der Waals surface area contributed by atoms with Crippen LogP contribution < -0.4 is 28.6 Å². The van der Waals surface area contributed by atoms with Gasteiger partial charge in [-0.25, -0.2) is 4.98 Å². The molecule has 0 saturated carbocycles. The van der Waals surface area contributed by atoms with E-state index in [9.17, 15) is 4.79 Å². The van der Waals surface area contributed by atoms with Crippen molar-refractivity contribution >= 4 is 51.1 Å². The van der Waals surface area contributed by atoms with Crippen LogP contribution in [0.5, 0.6) is 28.7 Å². The number of aromatic nitrogens is 1. The predicted octanol–water partition coefficient (Wildman–Crippen LogP) is 4.53. The molecule has 2 aromatic carbocycles. The topological polar surface area (TPSA) is 91.8 Å². The molecule has 40 heavy (non-hydrogen) atoms. The van der Waals surface area contributed by atoms with Gasteiger partial charge in [-0.3, -0.25) is 14.6 Å². The van der Waals surface area contributed by atoms with Crippen molar-refractivity contribution in [3.63, 3.8) is 0 Å². The lowest BCUT2D eigenvalue weighted by Gasteiger charge is -2.27. The van der Waals surface area contributed by atoms with Crippen LogP contribution in [0, 0.1) is 0 Å². The Morgan fingerprint density at radius 2 is 1.60 bits per heavy atom. The molecule has 12 heteroatoms. The maximum Gasteiger partial charge on any atom is 0.252 e. The molecule has 1 fully saturated rings. The van der Waals surface area contributed by atoms with Crippen LogP contribution in [-0.2, 0) is 9.53 Å². The number of carbonyl (C=O) groups excluding carboxylic acids is 1. The molecule has 0 radical (unpaired) electrons. The van der Waals surface area contributed by atoms with Gasteiger partial charge >= 0.3 is 0 Å². The van der Waals surface area contributed by atoms with E-state index >= 15 is 0 Å². The molecular formula is C28H36ClN3O7S. The third kappa shape index (κ3) is 7.08. The Kier molecular flexibility index (Phi) is 11.7. The lowest BCUT2D eigenvalue weighted by atomic mass is 10.1. The lowest BCUT2D eigenvalue weighted by Crippen LogP contribution is -2.39. The summed E-state index contributed by atoms with van der Waals surface area (Å²) >= 11 is 1.40. The fraction of sp³-hybridized carbons (Fsp3) is 0.429. The third-order valence-electron chi connectivity index (χ3n) is 6.46. The van der Waals surface area contributed by atoms with E-state index in [2.05, 4.69) is 4.90 Å². The molecule has 0 aliphatic carbocycles. The summed E-state index contributed by atoms with van der Waals surface area (Å²) in [6.07, 6.45) is 4.06. The molecule has 0 atom stereocenters. The highest BCUT2D eigenvalue weighted by molar-refractivity contribution is 7.22. The van der Waals surface area contributed by atoms with Gasteiger partial charge in [0.05, 0.1) is 48.8 Å². The van der Waals surface area contributed by atoms with Crippen molar-refractivity contribution in [3.8, 4) is 28.7 Å². The number of hydrogen-bond acceptors (Lipinski definition) is 10. The summed E-state index contributed by atoms with van der Waals surface area (Å²) in [5.74, 6) is 2.63. The summed E-state index contributed by atoms with van der Waals surface area (Å²) < 4.78 is 33.7. The van der Waals surface area contributed by atoms with Crippen molar-refractivity contribution in [2.24, 2.45) is 0 Å². The van der Waals surface area contributed by atoms with Crippen LogP contribution in [0.2, 0.25) is 0 Å². The number of ether oxygens (including phenoxy) is 6. The lowest BCUT2D eigenvalue weighted by molar-refractivity contribution is -0.114. The van der Waals surface area contributed by atoms with Gasteiger partial charge in [0.1, 0.15) is 21.7 Å². The maximum absolute atomic E-state index is 13.6. The first-order valence-electron chi connectivity index (χ1n) is 12.6. The molecule has 218 valence electrons. The molecule has 1 amide bonds. The molecule has 3 aromatic rings. The third-order valence-corrected chi connectivity index (χ3v) is 7.55. The second kappa shape index (κ2) is 14.9. The van der Waals surface area contributed by atoms with E-state index in [1.165, 1.54) is 17.4 Å². The Labute approximate surface area is 244 Å². The van der Waals surface area contributed by atoms with E-state index in [4.69, 9.17) is 33.4 Å². The highest BCUT2D eigenvalue weighted by atomic mass is 35.5. The number of carbonyl (C=O) groups is 1. The highest BCUT2D eigenvalue weighted by Gasteiger charge is 2.22. The van der Waals surface area contributed by atoms with Crippen LogP contribution in [0.4, 0.5) is 5.13 Å². The number of morpholine rings is 1. The van der Waals surface area contributed by atoms with Crippen LogP contribution in [0.1, 0.15) is 12.0 Å². The Morgan fingerprint density at radius 3 is 2.20 bits per heavy atom. The molecule has 10 nitrogen and oxygen atoms in total. The maximum atomic E-state index is 13.6. The Hall–Kier alpha value is -3.25. The van der Waals surface area contributed by atoms with Crippen molar-refractivity contribution < 1.29 is 33.2 Å². The first-order valence-corrected chi connectivity index (χ1v) is 13.5. The molecule has 0 unspecified atom stereocenters. The van der Waals surface area contributed by atoms with Crippen molar-refractivity contribution in [3.05, 3.63) is 35.9 Å². The molecule has 0 spiro atoms. The molecule has 1 saturated heterocycles. The van der Waals surface area contributed by atoms with Crippen molar-refractivity contribution in [2.45, 2.75) is 6.42 Å². The molecule has 1 aliphatic heterocycles. The quantitative estimate of drug-likeness (QED) is 0.281. The van der Waals surface area contributed by atoms with Crippen LogP contribution in [0.3, 0.4) is 0 Å². The highest BCUT2D eigenvalue weighted by Crippen LogP contribution is 2.41. The Balaban J connectivity index is 0.00000441. The van der Waals surface area contributed by atoms with Crippen molar-refractivity contribution in [1.82, 2.24) is 9.88 Å². The zero-order valence-electron chi connectivity index (χ0n) is 23.4. The van der Waals surface area contributed by atoms with Gasteiger partial charge in [-0.15, -0.1) is 12.4 Å². The summed E-state index contributed by atoms with van der Waals surface area (Å²) in [6.45, 7) is 4.62. The summed E-state index contributed by atoms with van der Waals surface area (Å²) in [5.41, 5.74) is 1.40. The molecule has 4 rings (SSSR count). The van der Waals surface area contributed by atoms with E-state index in [1.54, 1.807) is 58.7 Å². The Morgan fingerprint density at radius 1 is 0.975 bits per heavy atom. The summed E-state index contributed by atoms with van der Waals surface area (Å²) in [5, 5.41) is 0.578. The first-order chi connectivity index (χ1) is 19.0. The number of rotatable bonds is 12. The largest absolute Gasteiger partial charge is 0.495 e. The van der Waals surface area contributed by atoms with Gasteiger partial charge in [-0.2, -0.15) is 0 Å². The summed E-state index contributed by atoms with van der Waals surface area (Å²) in [6, 6.07) is 7.25. The first kappa shape index (κ1) is 31.3. The predicted molar refractivity (Wildman–Crippen MR) is 159 cm³/mol. The van der Waals surface area contributed by atoms with E-state index in [-0.39, 0.29) is 18.3 Å². The summed E-state index contributed by atoms with van der Waals surface area (Å²) in [7, 11) is 7.89. The van der Waals surface area contributed by atoms with Gasteiger partial charge in [0, 0.05) is 32.3 Å². The van der Waals surface area contributed by atoms with Gasteiger partial charge in [-0.1, -0.05) is 11.3 Å². The SMILES string of the molecule is COc1cc(/C=C/C(=O)N(CCCN2CCOCC2)c2nc3c(OC)ccc(OC)c3s2)cc(OC)c1OC.Cl. The van der Waals surface area contributed by atoms with Gasteiger partial charge in [0.2, 0.25) is 5.75 Å². The van der Waals surface area contributed by atoms with Crippen LogP contribution >= 0.6 is 23.7 Å². The Bertz CT molecular complexity index is 1240. The number of benzene rings is 2. The average molecular weight is 594 g/mol. The van der Waals surface area contributed by atoms with E-state index in [0.29, 0.717) is 45.9 Å². The second-order valence-electron chi connectivity index (χ2n) is 8.73. The number of amides is 1. The number of halogens is 1. The zero-order valence-corrected chi connectivity index (χ0v) is 25.1. The molecular weight excluding hydrogens is 558 g/mol. The second-order valence-corrected chi connectivity index (χ2v) is 9.71. The van der Waals surface area contributed by atoms with Crippen LogP contribution in [-0.4, -0.2) is 90.7 Å². The minimum absolute atomic E-state index is 0. The smallest absolute Gasteiger partial charge is 0.252 e. The molecule has 1 aliphatic rings. The van der Waals surface area contributed by atoms with Crippen LogP contribution in [0.25, 0.3) is 16.3 Å². The van der Waals surface area contributed by atoms with E-state index in [1.807, 2.05) is 12.1 Å². The van der Waals surface area contributed by atoms with Gasteiger partial charge < -0.3 is 28.4 Å². The van der Waals surface area contributed by atoms with E-state index in [0.717, 1.165) is 49.5 Å². The molecule has 1 aromatic heterocycles. The molecule has 0 N–H and O–H groups in total. The standard InChI is InChI=1S/C28H35N3O7S.ClH/c1-33-20-8-9-21(34-2)27-25(20)29-28(39-27)31(12-6-11-30-13-15-38-16-14-30)24(32)10-7-19-17-22(35-3)26(37-5)23(18-19)36-4;/h7-10,17-18H,6,11-16H2,1-5H3;1H/b10-7+;. The average Bonchev–Trinajstić information content (AvgIpc) is 3.42. The minimum atomic E-state index is -0.192. The number of fused-ring (bicyclic) bond motifs is 1. The number of hydrogen-bond donors (Lipinski definition) is 0. The summed E-state index contributed by atoms with van der Waals surface area (Å²) in [4.78, 5) is 22.5. The fourth-order valence-corrected chi connectivity index (χ4v) is 5.53. The monoisotopic (exact) mass is 593 g/mol. The molecule has 2 heterocycles. The number of anilines is 1. The van der Waals surface area contributed by atoms with E-state index < -0.39 is 0 Å². The number of nitrogens with zero attached hydrogens (tertiary/aromatic N) is 3. The number of thiazole rings is 1. The normalized spacial score (nSPS) is 13.6. The fourth-order valence-electron chi connectivity index (χ4n) is 4.42. The van der Waals surface area contributed by atoms with Crippen molar-refractivity contribution in [2.75, 3.05) is 79.8 Å². The zero-order chi connectivity index (χ0) is 27.8.